The van der Waals surface area contributed by atoms with Gasteiger partial charge in [-0.15, -0.1) is 0 Å². The molecule has 18 heavy (non-hydrogen) atoms. The molecule has 6 heteroatoms. The Kier molecular flexibility index (Phi) is 4.64. The number of aliphatic hydroxyl groups is 1. The largest absolute Gasteiger partial charge is 0.396 e. The molecule has 2 unspecified atom stereocenters. The lowest BCUT2D eigenvalue weighted by molar-refractivity contribution is 0.117. The minimum absolute atomic E-state index is 0.0709. The fourth-order valence-corrected chi connectivity index (χ4v) is 4.88. The van der Waals surface area contributed by atoms with E-state index >= 15 is 0 Å². The minimum atomic E-state index is -3.15. The number of hydrogen-bond donors (Lipinski definition) is 1. The normalized spacial score (nSPS) is 30.6. The van der Waals surface area contributed by atoms with Crippen LogP contribution in [0.1, 0.15) is 32.6 Å². The lowest BCUT2D eigenvalue weighted by Crippen LogP contribution is -2.57. The number of unbranched alkanes of at least 4 members (excludes halogenated alkanes) is 1. The molecule has 2 rings (SSSR count). The maximum absolute atomic E-state index is 12.3. The molecule has 0 spiro atoms. The summed E-state index contributed by atoms with van der Waals surface area (Å²) in [5.41, 5.74) is 0. The first kappa shape index (κ1) is 14.2. The Morgan fingerprint density at radius 2 is 2.06 bits per heavy atom. The van der Waals surface area contributed by atoms with Gasteiger partial charge in [-0.05, 0) is 39.2 Å². The first-order valence-electron chi connectivity index (χ1n) is 6.89. The van der Waals surface area contributed by atoms with E-state index in [2.05, 4.69) is 4.90 Å². The molecule has 2 atom stereocenters. The van der Waals surface area contributed by atoms with Crippen LogP contribution >= 0.6 is 0 Å². The Morgan fingerprint density at radius 1 is 1.28 bits per heavy atom. The van der Waals surface area contributed by atoms with E-state index in [9.17, 15) is 8.42 Å². The summed E-state index contributed by atoms with van der Waals surface area (Å²) in [6.45, 7) is 4.71. The van der Waals surface area contributed by atoms with E-state index in [0.29, 0.717) is 25.4 Å². The van der Waals surface area contributed by atoms with E-state index in [1.807, 2.05) is 6.92 Å². The van der Waals surface area contributed by atoms with Gasteiger partial charge in [0, 0.05) is 31.8 Å². The van der Waals surface area contributed by atoms with Crippen LogP contribution in [0.5, 0.6) is 0 Å². The van der Waals surface area contributed by atoms with E-state index in [4.69, 9.17) is 5.11 Å². The molecule has 0 aromatic carbocycles. The zero-order valence-electron chi connectivity index (χ0n) is 11.1. The molecule has 5 nitrogen and oxygen atoms in total. The van der Waals surface area contributed by atoms with E-state index in [0.717, 1.165) is 19.5 Å². The van der Waals surface area contributed by atoms with E-state index < -0.39 is 10.0 Å². The van der Waals surface area contributed by atoms with Crippen LogP contribution in [0.2, 0.25) is 0 Å². The van der Waals surface area contributed by atoms with Gasteiger partial charge in [0.1, 0.15) is 0 Å². The molecule has 0 aliphatic carbocycles. The van der Waals surface area contributed by atoms with Crippen molar-refractivity contribution in [2.75, 3.05) is 32.0 Å². The smallest absolute Gasteiger partial charge is 0.214 e. The van der Waals surface area contributed by atoms with Crippen LogP contribution in [0.3, 0.4) is 0 Å². The van der Waals surface area contributed by atoms with Gasteiger partial charge in [-0.2, -0.15) is 4.31 Å². The highest BCUT2D eigenvalue weighted by molar-refractivity contribution is 7.89. The van der Waals surface area contributed by atoms with Crippen molar-refractivity contribution >= 4 is 10.0 Å². The van der Waals surface area contributed by atoms with Gasteiger partial charge in [0.25, 0.3) is 0 Å². The van der Waals surface area contributed by atoms with Crippen LogP contribution in [0.15, 0.2) is 0 Å². The molecular weight excluding hydrogens is 252 g/mol. The Labute approximate surface area is 110 Å². The summed E-state index contributed by atoms with van der Waals surface area (Å²) in [5.74, 6) is 0.171. The van der Waals surface area contributed by atoms with Gasteiger partial charge >= 0.3 is 0 Å². The van der Waals surface area contributed by atoms with Crippen molar-refractivity contribution in [3.05, 3.63) is 0 Å². The Morgan fingerprint density at radius 3 is 2.78 bits per heavy atom. The van der Waals surface area contributed by atoms with E-state index in [1.54, 1.807) is 4.31 Å². The summed E-state index contributed by atoms with van der Waals surface area (Å²) >= 11 is 0. The van der Waals surface area contributed by atoms with E-state index in [-0.39, 0.29) is 18.4 Å². The topological polar surface area (TPSA) is 60.9 Å². The molecule has 2 aliphatic heterocycles. The first-order valence-corrected chi connectivity index (χ1v) is 8.50. The molecule has 106 valence electrons. The van der Waals surface area contributed by atoms with Gasteiger partial charge in [-0.3, -0.25) is 4.90 Å². The molecule has 2 saturated heterocycles. The SMILES string of the molecule is CC1CN2CCCC2CN1S(=O)(=O)CCCCO. The quantitative estimate of drug-likeness (QED) is 0.732. The van der Waals surface area contributed by atoms with Gasteiger partial charge in [-0.25, -0.2) is 8.42 Å². The number of rotatable bonds is 5. The van der Waals surface area contributed by atoms with Crippen molar-refractivity contribution < 1.29 is 13.5 Å². The van der Waals surface area contributed by atoms with Crippen LogP contribution in [0, 0.1) is 0 Å². The van der Waals surface area contributed by atoms with Gasteiger partial charge < -0.3 is 5.11 Å². The maximum atomic E-state index is 12.3. The first-order chi connectivity index (χ1) is 8.54. The van der Waals surface area contributed by atoms with Crippen LogP contribution in [0.4, 0.5) is 0 Å². The molecule has 0 aromatic rings. The third-order valence-corrected chi connectivity index (χ3v) is 6.08. The summed E-state index contributed by atoms with van der Waals surface area (Å²) < 4.78 is 26.3. The Hall–Kier alpha value is -0.170. The molecule has 2 heterocycles. The predicted octanol–water partition coefficient (Wildman–Crippen LogP) is 0.257. The monoisotopic (exact) mass is 276 g/mol. The third kappa shape index (κ3) is 3.04. The van der Waals surface area contributed by atoms with Crippen molar-refractivity contribution in [1.82, 2.24) is 9.21 Å². The highest BCUT2D eigenvalue weighted by Gasteiger charge is 2.39. The molecule has 0 bridgehead atoms. The molecule has 2 fully saturated rings. The molecule has 0 amide bonds. The van der Waals surface area contributed by atoms with Crippen molar-refractivity contribution in [3.8, 4) is 0 Å². The predicted molar refractivity (Wildman–Crippen MR) is 70.9 cm³/mol. The molecule has 2 aliphatic rings. The summed E-state index contributed by atoms with van der Waals surface area (Å²) in [4.78, 5) is 2.42. The zero-order valence-corrected chi connectivity index (χ0v) is 11.9. The summed E-state index contributed by atoms with van der Waals surface area (Å²) in [6.07, 6.45) is 3.43. The molecule has 0 radical (unpaired) electrons. The summed E-state index contributed by atoms with van der Waals surface area (Å²) in [5, 5.41) is 8.73. The number of piperazine rings is 1. The van der Waals surface area contributed by atoms with Crippen molar-refractivity contribution in [1.29, 1.82) is 0 Å². The van der Waals surface area contributed by atoms with E-state index in [1.165, 1.54) is 6.42 Å². The number of aliphatic hydroxyl groups excluding tert-OH is 1. The number of sulfonamides is 1. The number of hydrogen-bond acceptors (Lipinski definition) is 4. The molecule has 0 aromatic heterocycles. The maximum Gasteiger partial charge on any atom is 0.214 e. The van der Waals surface area contributed by atoms with Crippen LogP contribution in [-0.2, 0) is 10.0 Å². The highest BCUT2D eigenvalue weighted by atomic mass is 32.2. The van der Waals surface area contributed by atoms with Crippen LogP contribution < -0.4 is 0 Å². The zero-order chi connectivity index (χ0) is 13.2. The van der Waals surface area contributed by atoms with Gasteiger partial charge in [0.2, 0.25) is 10.0 Å². The lowest BCUT2D eigenvalue weighted by atomic mass is 10.1. The van der Waals surface area contributed by atoms with Gasteiger partial charge in [0.15, 0.2) is 0 Å². The summed E-state index contributed by atoms with van der Waals surface area (Å²) in [6, 6.07) is 0.507. The van der Waals surface area contributed by atoms with Gasteiger partial charge in [-0.1, -0.05) is 0 Å². The Bertz CT molecular complexity index is 372. The van der Waals surface area contributed by atoms with Crippen molar-refractivity contribution in [2.24, 2.45) is 0 Å². The fourth-order valence-electron chi connectivity index (χ4n) is 3.06. The average molecular weight is 276 g/mol. The second-order valence-electron chi connectivity index (χ2n) is 5.46. The fraction of sp³-hybridized carbons (Fsp3) is 1.00. The number of fused-ring (bicyclic) bond motifs is 1. The number of nitrogens with zero attached hydrogens (tertiary/aromatic N) is 2. The average Bonchev–Trinajstić information content (AvgIpc) is 2.75. The molecular formula is C12H24N2O3S. The van der Waals surface area contributed by atoms with Crippen LogP contribution in [0.25, 0.3) is 0 Å². The van der Waals surface area contributed by atoms with Crippen molar-refractivity contribution in [3.63, 3.8) is 0 Å². The second-order valence-corrected chi connectivity index (χ2v) is 7.50. The minimum Gasteiger partial charge on any atom is -0.396 e. The summed E-state index contributed by atoms with van der Waals surface area (Å²) in [7, 11) is -3.15. The molecule has 1 N–H and O–H groups in total. The molecule has 0 saturated carbocycles. The lowest BCUT2D eigenvalue weighted by Gasteiger charge is -2.41. The van der Waals surface area contributed by atoms with Gasteiger partial charge in [0.05, 0.1) is 5.75 Å². The second kappa shape index (κ2) is 5.86. The van der Waals surface area contributed by atoms with Crippen LogP contribution in [-0.4, -0.2) is 66.8 Å². The highest BCUT2D eigenvalue weighted by Crippen LogP contribution is 2.26. The van der Waals surface area contributed by atoms with Crippen molar-refractivity contribution in [2.45, 2.75) is 44.7 Å². The third-order valence-electron chi connectivity index (χ3n) is 4.05. The Balaban J connectivity index is 1.98. The standard InChI is InChI=1S/C12H24N2O3S/c1-11-9-13-6-4-5-12(13)10-14(11)18(16,17)8-3-2-7-15/h11-12,15H,2-10H2,1H3.